The van der Waals surface area contributed by atoms with E-state index in [4.69, 9.17) is 0 Å². The molecule has 33 heavy (non-hydrogen) atoms. The maximum atomic E-state index is 12.9. The fourth-order valence-corrected chi connectivity index (χ4v) is 5.24. The number of fused-ring (bicyclic) bond motifs is 1. The highest BCUT2D eigenvalue weighted by atomic mass is 16.3. The van der Waals surface area contributed by atoms with Crippen molar-refractivity contribution in [2.45, 2.75) is 52.1 Å². The van der Waals surface area contributed by atoms with Gasteiger partial charge in [-0.3, -0.25) is 9.69 Å². The number of rotatable bonds is 4. The summed E-state index contributed by atoms with van der Waals surface area (Å²) in [5, 5.41) is 14.0. The minimum Gasteiger partial charge on any atom is -0.506 e. The van der Waals surface area contributed by atoms with Gasteiger partial charge < -0.3 is 15.3 Å². The molecule has 2 unspecified atom stereocenters. The SMILES string of the molecule is Cc1ccc2c(O)c(C(=O)Nc3ccc(N4CCC(N5CCCC5C)C4)cc3C)cnc2n1. The third kappa shape index (κ3) is 4.13. The minimum absolute atomic E-state index is 0.0986. The molecule has 2 N–H and O–H groups in total. The van der Waals surface area contributed by atoms with Gasteiger partial charge in [0, 0.05) is 48.4 Å². The number of pyridine rings is 2. The van der Waals surface area contributed by atoms with Crippen molar-refractivity contribution in [2.24, 2.45) is 0 Å². The first-order valence-electron chi connectivity index (χ1n) is 11.8. The molecule has 1 aromatic carbocycles. The number of aromatic hydroxyl groups is 1. The first-order valence-corrected chi connectivity index (χ1v) is 11.8. The zero-order valence-corrected chi connectivity index (χ0v) is 19.5. The number of hydrogen-bond donors (Lipinski definition) is 2. The molecule has 2 aliphatic rings. The van der Waals surface area contributed by atoms with Crippen LogP contribution >= 0.6 is 0 Å². The molecule has 7 heteroatoms. The van der Waals surface area contributed by atoms with Gasteiger partial charge in [0.1, 0.15) is 11.3 Å². The number of nitrogens with zero attached hydrogens (tertiary/aromatic N) is 4. The summed E-state index contributed by atoms with van der Waals surface area (Å²) < 4.78 is 0. The Kier molecular flexibility index (Phi) is 5.66. The molecule has 2 saturated heterocycles. The van der Waals surface area contributed by atoms with Crippen LogP contribution in [0, 0.1) is 13.8 Å². The van der Waals surface area contributed by atoms with Crippen LogP contribution in [-0.4, -0.2) is 57.6 Å². The first-order chi connectivity index (χ1) is 15.9. The highest BCUT2D eigenvalue weighted by Gasteiger charge is 2.33. The molecular weight excluding hydrogens is 414 g/mol. The zero-order chi connectivity index (χ0) is 23.1. The van der Waals surface area contributed by atoms with E-state index in [1.165, 1.54) is 37.7 Å². The van der Waals surface area contributed by atoms with E-state index in [0.717, 1.165) is 30.0 Å². The van der Waals surface area contributed by atoms with E-state index in [1.54, 1.807) is 12.1 Å². The average Bonchev–Trinajstić information content (AvgIpc) is 3.44. The molecule has 2 aliphatic heterocycles. The topological polar surface area (TPSA) is 81.6 Å². The second-order valence-electron chi connectivity index (χ2n) is 9.42. The van der Waals surface area contributed by atoms with Crippen LogP contribution in [0.1, 0.15) is 47.8 Å². The van der Waals surface area contributed by atoms with Crippen molar-refractivity contribution < 1.29 is 9.90 Å². The third-order valence-corrected chi connectivity index (χ3v) is 7.15. The number of carbonyl (C=O) groups is 1. The summed E-state index contributed by atoms with van der Waals surface area (Å²) in [6.07, 6.45) is 5.20. The zero-order valence-electron chi connectivity index (χ0n) is 19.5. The quantitative estimate of drug-likeness (QED) is 0.624. The van der Waals surface area contributed by atoms with Gasteiger partial charge in [-0.1, -0.05) is 0 Å². The highest BCUT2D eigenvalue weighted by Crippen LogP contribution is 2.31. The van der Waals surface area contributed by atoms with Crippen LogP contribution in [0.4, 0.5) is 11.4 Å². The van der Waals surface area contributed by atoms with Gasteiger partial charge in [-0.05, 0) is 82.5 Å². The Morgan fingerprint density at radius 1 is 1.15 bits per heavy atom. The van der Waals surface area contributed by atoms with Crippen molar-refractivity contribution in [3.05, 3.63) is 53.3 Å². The number of nitrogens with one attached hydrogen (secondary N) is 1. The van der Waals surface area contributed by atoms with E-state index in [-0.39, 0.29) is 17.2 Å². The molecule has 3 aromatic rings. The molecule has 0 spiro atoms. The number of benzene rings is 1. The molecule has 5 rings (SSSR count). The van der Waals surface area contributed by atoms with E-state index >= 15 is 0 Å². The number of anilines is 2. The largest absolute Gasteiger partial charge is 0.506 e. The standard InChI is InChI=1S/C26H31N5O2/c1-16-13-19(30-12-10-20(15-30)31-11-4-5-18(31)3)7-9-23(16)29-26(33)22-14-27-25-21(24(22)32)8-6-17(2)28-25/h6-9,13-14,18,20H,4-5,10-12,15H2,1-3H3,(H,29,33)(H,27,28,32). The van der Waals surface area contributed by atoms with Crippen molar-refractivity contribution in [1.29, 1.82) is 0 Å². The third-order valence-electron chi connectivity index (χ3n) is 7.15. The highest BCUT2D eigenvalue weighted by molar-refractivity contribution is 6.09. The van der Waals surface area contributed by atoms with Crippen LogP contribution in [-0.2, 0) is 0 Å². The summed E-state index contributed by atoms with van der Waals surface area (Å²) in [5.74, 6) is -0.485. The van der Waals surface area contributed by atoms with Gasteiger partial charge in [0.15, 0.2) is 5.65 Å². The van der Waals surface area contributed by atoms with Crippen molar-refractivity contribution in [3.63, 3.8) is 0 Å². The van der Waals surface area contributed by atoms with E-state index in [0.29, 0.717) is 23.1 Å². The van der Waals surface area contributed by atoms with Gasteiger partial charge in [0.25, 0.3) is 5.91 Å². The monoisotopic (exact) mass is 445 g/mol. The Morgan fingerprint density at radius 2 is 2.00 bits per heavy atom. The van der Waals surface area contributed by atoms with Gasteiger partial charge in [0.05, 0.1) is 5.39 Å². The Bertz CT molecular complexity index is 1210. The van der Waals surface area contributed by atoms with Crippen LogP contribution in [0.2, 0.25) is 0 Å². The molecule has 0 radical (unpaired) electrons. The Morgan fingerprint density at radius 3 is 2.76 bits per heavy atom. The molecule has 4 heterocycles. The lowest BCUT2D eigenvalue weighted by Gasteiger charge is -2.28. The van der Waals surface area contributed by atoms with Crippen molar-refractivity contribution in [1.82, 2.24) is 14.9 Å². The predicted molar refractivity (Wildman–Crippen MR) is 131 cm³/mol. The molecular formula is C26H31N5O2. The second kappa shape index (κ2) is 8.63. The van der Waals surface area contributed by atoms with Crippen LogP contribution in [0.15, 0.2) is 36.5 Å². The number of carbonyl (C=O) groups excluding carboxylic acids is 1. The lowest BCUT2D eigenvalue weighted by molar-refractivity contribution is 0.102. The summed E-state index contributed by atoms with van der Waals surface area (Å²) in [4.78, 5) is 26.6. The van der Waals surface area contributed by atoms with Gasteiger partial charge in [-0.2, -0.15) is 0 Å². The summed E-state index contributed by atoms with van der Waals surface area (Å²) in [7, 11) is 0. The van der Waals surface area contributed by atoms with Crippen molar-refractivity contribution >= 4 is 28.3 Å². The summed E-state index contributed by atoms with van der Waals surface area (Å²) in [5.41, 5.74) is 4.28. The molecule has 1 amide bonds. The van der Waals surface area contributed by atoms with E-state index in [9.17, 15) is 9.90 Å². The van der Waals surface area contributed by atoms with Crippen molar-refractivity contribution in [3.8, 4) is 5.75 Å². The molecule has 7 nitrogen and oxygen atoms in total. The first kappa shape index (κ1) is 21.6. The summed E-state index contributed by atoms with van der Waals surface area (Å²) >= 11 is 0. The fourth-order valence-electron chi connectivity index (χ4n) is 5.24. The molecule has 2 aromatic heterocycles. The molecule has 0 bridgehead atoms. The number of amides is 1. The lowest BCUT2D eigenvalue weighted by Crippen LogP contribution is -2.39. The molecule has 0 aliphatic carbocycles. The van der Waals surface area contributed by atoms with E-state index in [1.807, 2.05) is 19.9 Å². The minimum atomic E-state index is -0.386. The van der Waals surface area contributed by atoms with Crippen LogP contribution < -0.4 is 10.2 Å². The smallest absolute Gasteiger partial charge is 0.261 e. The Labute approximate surface area is 194 Å². The fraction of sp³-hybridized carbons (Fsp3) is 0.423. The lowest BCUT2D eigenvalue weighted by atomic mass is 10.1. The summed E-state index contributed by atoms with van der Waals surface area (Å²) in [6, 6.07) is 11.0. The molecule has 2 atom stereocenters. The second-order valence-corrected chi connectivity index (χ2v) is 9.42. The maximum Gasteiger partial charge on any atom is 0.261 e. The maximum absolute atomic E-state index is 12.9. The van der Waals surface area contributed by atoms with Gasteiger partial charge in [0.2, 0.25) is 0 Å². The number of aromatic nitrogens is 2. The Hall–Kier alpha value is -3.19. The van der Waals surface area contributed by atoms with Crippen LogP contribution in [0.25, 0.3) is 11.0 Å². The van der Waals surface area contributed by atoms with Gasteiger partial charge >= 0.3 is 0 Å². The molecule has 2 fully saturated rings. The van der Waals surface area contributed by atoms with E-state index < -0.39 is 0 Å². The van der Waals surface area contributed by atoms with E-state index in [2.05, 4.69) is 44.1 Å². The average molecular weight is 446 g/mol. The normalized spacial score (nSPS) is 21.1. The summed E-state index contributed by atoms with van der Waals surface area (Å²) in [6.45, 7) is 9.54. The molecule has 172 valence electrons. The van der Waals surface area contributed by atoms with Crippen LogP contribution in [0.5, 0.6) is 5.75 Å². The number of aryl methyl sites for hydroxylation is 2. The van der Waals surface area contributed by atoms with Gasteiger partial charge in [-0.25, -0.2) is 9.97 Å². The van der Waals surface area contributed by atoms with Gasteiger partial charge in [-0.15, -0.1) is 0 Å². The number of hydrogen-bond acceptors (Lipinski definition) is 6. The van der Waals surface area contributed by atoms with Crippen LogP contribution in [0.3, 0.4) is 0 Å². The molecule has 0 saturated carbocycles. The Balaban J connectivity index is 1.30. The number of likely N-dealkylation sites (tertiary alicyclic amines) is 1. The van der Waals surface area contributed by atoms with Crippen molar-refractivity contribution in [2.75, 3.05) is 29.9 Å². The predicted octanol–water partition coefficient (Wildman–Crippen LogP) is 4.27.